The summed E-state index contributed by atoms with van der Waals surface area (Å²) in [5.74, 6) is -0.294. The largest absolute Gasteiger partial charge is 0.451 e. The highest BCUT2D eigenvalue weighted by Crippen LogP contribution is 2.23. The maximum atomic E-state index is 12.4. The minimum atomic E-state index is -0.469. The van der Waals surface area contributed by atoms with Crippen molar-refractivity contribution in [3.63, 3.8) is 0 Å². The summed E-state index contributed by atoms with van der Waals surface area (Å²) in [4.78, 5) is 37.8. The van der Waals surface area contributed by atoms with Gasteiger partial charge >= 0.3 is 0 Å². The van der Waals surface area contributed by atoms with E-state index in [1.807, 2.05) is 55.4 Å². The number of rotatable bonds is 8. The second-order valence-corrected chi connectivity index (χ2v) is 8.05. The fourth-order valence-corrected chi connectivity index (χ4v) is 2.98. The van der Waals surface area contributed by atoms with Gasteiger partial charge in [0.15, 0.2) is 5.76 Å². The fraction of sp³-hybridized carbons (Fsp3) is 0.296. The molecule has 35 heavy (non-hydrogen) atoms. The number of amides is 3. The molecule has 0 radical (unpaired) electrons. The molecular formula is C27H34N4O4. The monoisotopic (exact) mass is 478 g/mol. The third-order valence-corrected chi connectivity index (χ3v) is 4.83. The van der Waals surface area contributed by atoms with E-state index in [1.165, 1.54) is 13.5 Å². The summed E-state index contributed by atoms with van der Waals surface area (Å²) in [6.07, 6.45) is 1.25. The van der Waals surface area contributed by atoms with Crippen molar-refractivity contribution in [1.29, 1.82) is 0 Å². The van der Waals surface area contributed by atoms with Crippen LogP contribution < -0.4 is 20.9 Å². The summed E-state index contributed by atoms with van der Waals surface area (Å²) in [5, 5.41) is 7.83. The molecule has 1 heterocycles. The van der Waals surface area contributed by atoms with E-state index in [0.717, 1.165) is 16.8 Å². The summed E-state index contributed by atoms with van der Waals surface area (Å²) >= 11 is 0. The fourth-order valence-electron chi connectivity index (χ4n) is 2.98. The molecule has 0 aliphatic heterocycles. The standard InChI is InChI=1S/C24H26N4O4.C3H8/c1-25-22(29)15-27-24(31)21-12-11-20(32-21)18-6-4-5-16(13-18)14-26-23(30)17-7-9-19(10-8-17)28(2)3;1-3-2/h4-13H,14-15H2,1-3H3,(H,25,29)(H,26,30)(H,27,31);3H2,1-2H3. The molecule has 0 aliphatic rings. The molecule has 3 amide bonds. The number of likely N-dealkylation sites (N-methyl/N-ethyl adjacent to an activating group) is 1. The van der Waals surface area contributed by atoms with Gasteiger partial charge in [0.2, 0.25) is 5.91 Å². The third kappa shape index (κ3) is 8.33. The van der Waals surface area contributed by atoms with Crippen LogP contribution in [0.25, 0.3) is 11.3 Å². The normalized spacial score (nSPS) is 9.97. The smallest absolute Gasteiger partial charge is 0.287 e. The molecule has 0 saturated carbocycles. The molecule has 0 bridgehead atoms. The molecule has 0 aliphatic carbocycles. The molecule has 3 aromatic rings. The van der Waals surface area contributed by atoms with Crippen molar-refractivity contribution in [2.45, 2.75) is 26.8 Å². The van der Waals surface area contributed by atoms with Crippen molar-refractivity contribution in [2.75, 3.05) is 32.6 Å². The van der Waals surface area contributed by atoms with Gasteiger partial charge in [0, 0.05) is 44.5 Å². The molecule has 0 atom stereocenters. The second-order valence-electron chi connectivity index (χ2n) is 8.05. The van der Waals surface area contributed by atoms with Crippen LogP contribution in [-0.4, -0.2) is 45.4 Å². The molecule has 186 valence electrons. The zero-order chi connectivity index (χ0) is 25.8. The van der Waals surface area contributed by atoms with Gasteiger partial charge in [-0.2, -0.15) is 0 Å². The Hall–Kier alpha value is -4.07. The maximum absolute atomic E-state index is 12.4. The Morgan fingerprint density at radius 3 is 2.20 bits per heavy atom. The van der Waals surface area contributed by atoms with Crippen LogP contribution in [0.4, 0.5) is 5.69 Å². The maximum Gasteiger partial charge on any atom is 0.287 e. The van der Waals surface area contributed by atoms with Gasteiger partial charge in [-0.1, -0.05) is 38.5 Å². The number of carbonyl (C=O) groups is 3. The topological polar surface area (TPSA) is 104 Å². The van der Waals surface area contributed by atoms with Crippen LogP contribution in [0, 0.1) is 0 Å². The summed E-state index contributed by atoms with van der Waals surface area (Å²) in [7, 11) is 5.39. The molecule has 8 heteroatoms. The molecule has 2 aromatic carbocycles. The Labute approximate surface area is 206 Å². The summed E-state index contributed by atoms with van der Waals surface area (Å²) < 4.78 is 5.64. The number of anilines is 1. The van der Waals surface area contributed by atoms with E-state index in [0.29, 0.717) is 17.9 Å². The zero-order valence-electron chi connectivity index (χ0n) is 21.0. The van der Waals surface area contributed by atoms with Gasteiger partial charge < -0.3 is 25.3 Å². The Balaban J connectivity index is 0.00000137. The minimum Gasteiger partial charge on any atom is -0.451 e. The van der Waals surface area contributed by atoms with Crippen molar-refractivity contribution in [2.24, 2.45) is 0 Å². The van der Waals surface area contributed by atoms with Crippen LogP contribution >= 0.6 is 0 Å². The predicted octanol–water partition coefficient (Wildman–Crippen LogP) is 3.83. The average molecular weight is 479 g/mol. The SMILES string of the molecule is CCC.CNC(=O)CNC(=O)c1ccc(-c2cccc(CNC(=O)c3ccc(N(C)C)cc3)c2)o1. The Kier molecular flexibility index (Phi) is 10.6. The van der Waals surface area contributed by atoms with Crippen LogP contribution in [0.15, 0.2) is 65.1 Å². The highest BCUT2D eigenvalue weighted by atomic mass is 16.3. The molecule has 0 saturated heterocycles. The highest BCUT2D eigenvalue weighted by Gasteiger charge is 2.13. The minimum absolute atomic E-state index is 0.115. The average Bonchev–Trinajstić information content (AvgIpc) is 3.37. The van der Waals surface area contributed by atoms with E-state index in [4.69, 9.17) is 4.42 Å². The van der Waals surface area contributed by atoms with Crippen molar-refractivity contribution < 1.29 is 18.8 Å². The molecule has 3 rings (SSSR count). The first kappa shape index (κ1) is 27.2. The van der Waals surface area contributed by atoms with Crippen LogP contribution in [0.5, 0.6) is 0 Å². The van der Waals surface area contributed by atoms with E-state index in [1.54, 1.807) is 24.3 Å². The highest BCUT2D eigenvalue weighted by molar-refractivity contribution is 5.95. The van der Waals surface area contributed by atoms with Gasteiger partial charge in [-0.3, -0.25) is 14.4 Å². The number of benzene rings is 2. The van der Waals surface area contributed by atoms with Gasteiger partial charge in [-0.05, 0) is 48.0 Å². The lowest BCUT2D eigenvalue weighted by Crippen LogP contribution is -2.34. The molecular weight excluding hydrogens is 444 g/mol. The number of furan rings is 1. The van der Waals surface area contributed by atoms with Gasteiger partial charge in [-0.25, -0.2) is 0 Å². The van der Waals surface area contributed by atoms with E-state index < -0.39 is 5.91 Å². The van der Waals surface area contributed by atoms with E-state index >= 15 is 0 Å². The van der Waals surface area contributed by atoms with Crippen molar-refractivity contribution in [1.82, 2.24) is 16.0 Å². The Morgan fingerprint density at radius 1 is 0.886 bits per heavy atom. The van der Waals surface area contributed by atoms with Crippen LogP contribution in [-0.2, 0) is 11.3 Å². The summed E-state index contributed by atoms with van der Waals surface area (Å²) in [5.41, 5.74) is 3.28. The van der Waals surface area contributed by atoms with Gasteiger partial charge in [0.1, 0.15) is 5.76 Å². The second kappa shape index (κ2) is 13.6. The van der Waals surface area contributed by atoms with E-state index in [9.17, 15) is 14.4 Å². The third-order valence-electron chi connectivity index (χ3n) is 4.83. The number of nitrogens with one attached hydrogen (secondary N) is 3. The first-order valence-electron chi connectivity index (χ1n) is 11.5. The van der Waals surface area contributed by atoms with Crippen molar-refractivity contribution in [3.8, 4) is 11.3 Å². The zero-order valence-corrected chi connectivity index (χ0v) is 21.0. The Morgan fingerprint density at radius 2 is 1.57 bits per heavy atom. The van der Waals surface area contributed by atoms with Gasteiger partial charge in [0.05, 0.1) is 6.54 Å². The lowest BCUT2D eigenvalue weighted by Gasteiger charge is -2.12. The van der Waals surface area contributed by atoms with Gasteiger partial charge in [0.25, 0.3) is 11.8 Å². The van der Waals surface area contributed by atoms with Crippen molar-refractivity contribution >= 4 is 23.4 Å². The number of nitrogens with zero attached hydrogens (tertiary/aromatic N) is 1. The molecule has 8 nitrogen and oxygen atoms in total. The molecule has 3 N–H and O–H groups in total. The first-order valence-corrected chi connectivity index (χ1v) is 11.5. The van der Waals surface area contributed by atoms with E-state index in [-0.39, 0.29) is 24.1 Å². The van der Waals surface area contributed by atoms with Crippen LogP contribution in [0.3, 0.4) is 0 Å². The number of hydrogen-bond donors (Lipinski definition) is 3. The van der Waals surface area contributed by atoms with Crippen molar-refractivity contribution in [3.05, 3.63) is 77.6 Å². The Bertz CT molecular complexity index is 1120. The van der Waals surface area contributed by atoms with Crippen LogP contribution in [0.2, 0.25) is 0 Å². The van der Waals surface area contributed by atoms with Gasteiger partial charge in [-0.15, -0.1) is 0 Å². The van der Waals surface area contributed by atoms with Crippen LogP contribution in [0.1, 0.15) is 46.7 Å². The molecule has 0 fully saturated rings. The lowest BCUT2D eigenvalue weighted by atomic mass is 10.1. The summed E-state index contributed by atoms with van der Waals surface area (Å²) in [6.45, 7) is 4.47. The van der Waals surface area contributed by atoms with E-state index in [2.05, 4.69) is 29.8 Å². The molecule has 1 aromatic heterocycles. The number of hydrogen-bond acceptors (Lipinski definition) is 5. The first-order chi connectivity index (χ1) is 16.8. The summed E-state index contributed by atoms with van der Waals surface area (Å²) in [6, 6.07) is 18.1. The lowest BCUT2D eigenvalue weighted by molar-refractivity contribution is -0.119. The molecule has 0 spiro atoms. The molecule has 0 unspecified atom stereocenters. The quantitative estimate of drug-likeness (QED) is 0.457. The predicted molar refractivity (Wildman–Crippen MR) is 138 cm³/mol. The number of carbonyl (C=O) groups excluding carboxylic acids is 3.